The predicted molar refractivity (Wildman–Crippen MR) is 104 cm³/mol. The van der Waals surface area contributed by atoms with Gasteiger partial charge in [-0.05, 0) is 32.0 Å². The van der Waals surface area contributed by atoms with Crippen molar-refractivity contribution >= 4 is 28.2 Å². The van der Waals surface area contributed by atoms with Crippen molar-refractivity contribution in [2.75, 3.05) is 0 Å². The number of fused-ring (bicyclic) bond motifs is 2. The lowest BCUT2D eigenvalue weighted by Crippen LogP contribution is -2.43. The fraction of sp³-hybridized carbons (Fsp3) is 0.158. The molecule has 29 heavy (non-hydrogen) atoms. The number of hydrogen-bond donors (Lipinski definition) is 2. The van der Waals surface area contributed by atoms with Crippen LogP contribution in [0.25, 0.3) is 16.4 Å². The molecule has 2 N–H and O–H groups in total. The first-order chi connectivity index (χ1) is 14.0. The van der Waals surface area contributed by atoms with Crippen molar-refractivity contribution < 1.29 is 9.59 Å². The minimum Gasteiger partial charge on any atom is -0.288 e. The van der Waals surface area contributed by atoms with E-state index >= 15 is 0 Å². The van der Waals surface area contributed by atoms with Gasteiger partial charge in [-0.2, -0.15) is 5.10 Å². The van der Waals surface area contributed by atoms with Gasteiger partial charge >= 0.3 is 0 Å². The first-order valence-electron chi connectivity index (χ1n) is 8.87. The van der Waals surface area contributed by atoms with Crippen LogP contribution in [-0.4, -0.2) is 36.2 Å². The highest BCUT2D eigenvalue weighted by Gasteiger charge is 2.18. The Balaban J connectivity index is 1.61. The second kappa shape index (κ2) is 7.15. The van der Waals surface area contributed by atoms with E-state index in [1.807, 2.05) is 0 Å². The zero-order valence-electron chi connectivity index (χ0n) is 15.7. The first kappa shape index (κ1) is 18.3. The van der Waals surface area contributed by atoms with Gasteiger partial charge in [0.2, 0.25) is 0 Å². The summed E-state index contributed by atoms with van der Waals surface area (Å²) in [7, 11) is 0. The second-order valence-corrected chi connectivity index (χ2v) is 6.66. The molecule has 4 aromatic rings. The van der Waals surface area contributed by atoms with Crippen molar-refractivity contribution in [2.45, 2.75) is 19.9 Å². The number of amides is 2. The Morgan fingerprint density at radius 1 is 1.00 bits per heavy atom. The monoisotopic (exact) mass is 391 g/mol. The number of nitrogens with one attached hydrogen (secondary N) is 2. The summed E-state index contributed by atoms with van der Waals surface area (Å²) in [5, 5.41) is 12.6. The van der Waals surface area contributed by atoms with E-state index < -0.39 is 11.8 Å². The van der Waals surface area contributed by atoms with E-state index in [0.29, 0.717) is 22.0 Å². The van der Waals surface area contributed by atoms with Crippen LogP contribution >= 0.6 is 0 Å². The minimum atomic E-state index is -0.630. The van der Waals surface area contributed by atoms with Gasteiger partial charge in [-0.1, -0.05) is 18.2 Å². The molecule has 3 heterocycles. The van der Waals surface area contributed by atoms with E-state index in [-0.39, 0.29) is 17.3 Å². The third-order valence-electron chi connectivity index (χ3n) is 4.38. The van der Waals surface area contributed by atoms with E-state index in [4.69, 9.17) is 0 Å². The molecule has 3 aromatic heterocycles. The molecule has 0 aliphatic carbocycles. The van der Waals surface area contributed by atoms with Crippen molar-refractivity contribution in [3.8, 4) is 0 Å². The van der Waals surface area contributed by atoms with Crippen molar-refractivity contribution in [2.24, 2.45) is 0 Å². The van der Waals surface area contributed by atoms with Crippen LogP contribution in [0.3, 0.4) is 0 Å². The second-order valence-electron chi connectivity index (χ2n) is 6.66. The number of carbonyl (C=O) groups is 2. The molecule has 0 unspecified atom stereocenters. The Bertz CT molecular complexity index is 1310. The smallest absolute Gasteiger partial charge is 0.288 e. The summed E-state index contributed by atoms with van der Waals surface area (Å²) in [5.74, 6) is -1.15. The maximum atomic E-state index is 12.7. The molecule has 10 heteroatoms. The van der Waals surface area contributed by atoms with E-state index in [1.54, 1.807) is 60.8 Å². The number of aromatic nitrogens is 5. The molecule has 0 bridgehead atoms. The highest BCUT2D eigenvalue weighted by Crippen LogP contribution is 2.14. The van der Waals surface area contributed by atoms with Gasteiger partial charge in [-0.3, -0.25) is 29.6 Å². The number of rotatable bonds is 3. The highest BCUT2D eigenvalue weighted by atomic mass is 16.2. The van der Waals surface area contributed by atoms with Gasteiger partial charge in [-0.25, -0.2) is 4.68 Å². The molecule has 0 atom stereocenters. The molecule has 2 amide bonds. The fourth-order valence-electron chi connectivity index (χ4n) is 2.93. The molecular formula is C19H17N7O3. The van der Waals surface area contributed by atoms with Crippen LogP contribution in [0.2, 0.25) is 0 Å². The molecule has 0 saturated heterocycles. The van der Waals surface area contributed by atoms with Gasteiger partial charge in [0.1, 0.15) is 6.33 Å². The van der Waals surface area contributed by atoms with Crippen molar-refractivity contribution in [3.63, 3.8) is 0 Å². The van der Waals surface area contributed by atoms with Crippen LogP contribution in [-0.2, 0) is 0 Å². The number of nitrogens with zero attached hydrogens (tertiary/aromatic N) is 5. The van der Waals surface area contributed by atoms with Crippen molar-refractivity contribution in [1.82, 2.24) is 35.2 Å². The lowest BCUT2D eigenvalue weighted by Gasteiger charge is -2.13. The van der Waals surface area contributed by atoms with Crippen LogP contribution < -0.4 is 16.4 Å². The molecule has 146 valence electrons. The average molecular weight is 391 g/mol. The van der Waals surface area contributed by atoms with Crippen molar-refractivity contribution in [3.05, 3.63) is 70.5 Å². The van der Waals surface area contributed by atoms with Crippen LogP contribution in [0, 0.1) is 0 Å². The average Bonchev–Trinajstić information content (AvgIpc) is 3.20. The molecule has 0 saturated carbocycles. The quantitative estimate of drug-likeness (QED) is 0.504. The molecule has 4 rings (SSSR count). The van der Waals surface area contributed by atoms with Gasteiger partial charge in [0.25, 0.3) is 17.4 Å². The van der Waals surface area contributed by atoms with Crippen LogP contribution in [0.4, 0.5) is 0 Å². The van der Waals surface area contributed by atoms with Crippen LogP contribution in [0.5, 0.6) is 0 Å². The van der Waals surface area contributed by atoms with E-state index in [0.717, 1.165) is 0 Å². The zero-order chi connectivity index (χ0) is 20.5. The summed E-state index contributed by atoms with van der Waals surface area (Å²) in [4.78, 5) is 37.7. The van der Waals surface area contributed by atoms with E-state index in [9.17, 15) is 14.4 Å². The summed E-state index contributed by atoms with van der Waals surface area (Å²) in [6.07, 6.45) is 3.01. The van der Waals surface area contributed by atoms with Crippen LogP contribution in [0.1, 0.15) is 40.7 Å². The Kier molecular flexibility index (Phi) is 4.51. The summed E-state index contributed by atoms with van der Waals surface area (Å²) in [5.41, 5.74) is 5.39. The Hall–Kier alpha value is -4.08. The Labute approximate surface area is 164 Å². The minimum absolute atomic E-state index is 0.0449. The summed E-state index contributed by atoms with van der Waals surface area (Å²) in [6.45, 7) is 3.60. The molecule has 1 aromatic carbocycles. The number of hydrogen-bond acceptors (Lipinski definition) is 6. The zero-order valence-corrected chi connectivity index (χ0v) is 15.7. The molecule has 0 aliphatic rings. The van der Waals surface area contributed by atoms with Gasteiger partial charge in [0.15, 0.2) is 11.3 Å². The third-order valence-corrected chi connectivity index (χ3v) is 4.38. The molecule has 0 spiro atoms. The first-order valence-corrected chi connectivity index (χ1v) is 8.87. The Morgan fingerprint density at radius 3 is 2.48 bits per heavy atom. The maximum absolute atomic E-state index is 12.7. The number of pyridine rings is 1. The standard InChI is InChI=1S/C19H17N7O3/c1-11(2)26-19(29)14-6-4-3-5-13(14)16(24-26)18(28)23-22-17(27)12-7-8-15-21-20-10-25(15)9-12/h3-11H,1-2H3,(H,22,27)(H,23,28). The maximum Gasteiger partial charge on any atom is 0.290 e. The largest absolute Gasteiger partial charge is 0.290 e. The summed E-state index contributed by atoms with van der Waals surface area (Å²) >= 11 is 0. The molecular weight excluding hydrogens is 374 g/mol. The molecule has 0 aliphatic heterocycles. The van der Waals surface area contributed by atoms with Gasteiger partial charge in [-0.15, -0.1) is 10.2 Å². The number of benzene rings is 1. The third kappa shape index (κ3) is 3.31. The number of carbonyl (C=O) groups excluding carboxylic acids is 2. The topological polar surface area (TPSA) is 123 Å². The van der Waals surface area contributed by atoms with E-state index in [1.165, 1.54) is 11.0 Å². The van der Waals surface area contributed by atoms with E-state index in [2.05, 4.69) is 26.1 Å². The normalized spacial score (nSPS) is 11.1. The summed E-state index contributed by atoms with van der Waals surface area (Å²) < 4.78 is 2.84. The fourth-order valence-corrected chi connectivity index (χ4v) is 2.93. The van der Waals surface area contributed by atoms with Gasteiger partial charge < -0.3 is 0 Å². The Morgan fingerprint density at radius 2 is 1.72 bits per heavy atom. The van der Waals surface area contributed by atoms with Crippen molar-refractivity contribution in [1.29, 1.82) is 0 Å². The molecule has 0 radical (unpaired) electrons. The molecule has 0 fully saturated rings. The van der Waals surface area contributed by atoms with Gasteiger partial charge in [0, 0.05) is 11.6 Å². The SMILES string of the molecule is CC(C)n1nc(C(=O)NNC(=O)c2ccc3nncn3c2)c2ccccc2c1=O. The highest BCUT2D eigenvalue weighted by molar-refractivity contribution is 6.06. The summed E-state index contributed by atoms with van der Waals surface area (Å²) in [6, 6.07) is 9.69. The van der Waals surface area contributed by atoms with Crippen LogP contribution in [0.15, 0.2) is 53.7 Å². The lowest BCUT2D eigenvalue weighted by molar-refractivity contribution is 0.0843. The lowest BCUT2D eigenvalue weighted by atomic mass is 10.1. The molecule has 10 nitrogen and oxygen atoms in total. The number of hydrazine groups is 1. The predicted octanol–water partition coefficient (Wildman–Crippen LogP) is 1.09. The van der Waals surface area contributed by atoms with Gasteiger partial charge in [0.05, 0.1) is 17.0 Å².